The molecule has 1 aromatic carbocycles. The molecule has 0 bridgehead atoms. The standard InChI is InChI=1S/C17H20ClNO4/c18-12-3-1-2-11(8-12)14-9-15(14)17(22)19(10-16(20)21)13-4-6-23-7-5-13/h1-3,8,13-15H,4-7,9-10H2,(H,20,21)/t14-,15-/m1/s1. The van der Waals surface area contributed by atoms with E-state index < -0.39 is 5.97 Å². The van der Waals surface area contributed by atoms with Gasteiger partial charge >= 0.3 is 5.97 Å². The van der Waals surface area contributed by atoms with Gasteiger partial charge in [0.1, 0.15) is 6.54 Å². The second-order valence-electron chi connectivity index (χ2n) is 6.21. The molecule has 5 nitrogen and oxygen atoms in total. The zero-order valence-electron chi connectivity index (χ0n) is 12.8. The van der Waals surface area contributed by atoms with Gasteiger partial charge in [0.15, 0.2) is 0 Å². The molecule has 2 fully saturated rings. The van der Waals surface area contributed by atoms with Gasteiger partial charge in [0, 0.05) is 30.2 Å². The minimum atomic E-state index is -0.968. The maximum absolute atomic E-state index is 12.8. The van der Waals surface area contributed by atoms with E-state index in [4.69, 9.17) is 21.4 Å². The fourth-order valence-corrected chi connectivity index (χ4v) is 3.51. The van der Waals surface area contributed by atoms with Gasteiger partial charge in [-0.1, -0.05) is 23.7 Å². The molecule has 1 N–H and O–H groups in total. The highest BCUT2D eigenvalue weighted by Gasteiger charge is 2.47. The lowest BCUT2D eigenvalue weighted by Crippen LogP contribution is -2.46. The van der Waals surface area contributed by atoms with Crippen molar-refractivity contribution in [1.29, 1.82) is 0 Å². The van der Waals surface area contributed by atoms with Crippen molar-refractivity contribution in [3.8, 4) is 0 Å². The molecule has 1 saturated carbocycles. The molecule has 6 heteroatoms. The molecular formula is C17H20ClNO4. The normalized spacial score (nSPS) is 24.2. The summed E-state index contributed by atoms with van der Waals surface area (Å²) in [5.74, 6) is -0.998. The van der Waals surface area contributed by atoms with Crippen LogP contribution in [-0.2, 0) is 14.3 Å². The van der Waals surface area contributed by atoms with E-state index in [-0.39, 0.29) is 30.3 Å². The second kappa shape index (κ2) is 6.89. The van der Waals surface area contributed by atoms with E-state index in [2.05, 4.69) is 0 Å². The molecule has 124 valence electrons. The van der Waals surface area contributed by atoms with Crippen LogP contribution in [0.3, 0.4) is 0 Å². The van der Waals surface area contributed by atoms with Crippen molar-refractivity contribution in [2.24, 2.45) is 5.92 Å². The molecule has 1 aromatic rings. The molecular weight excluding hydrogens is 318 g/mol. The van der Waals surface area contributed by atoms with Crippen molar-refractivity contribution in [3.05, 3.63) is 34.9 Å². The van der Waals surface area contributed by atoms with Crippen molar-refractivity contribution in [2.75, 3.05) is 19.8 Å². The SMILES string of the molecule is O=C(O)CN(C(=O)[C@@H]1C[C@@H]1c1cccc(Cl)c1)C1CCOCC1. The molecule has 1 heterocycles. The molecule has 23 heavy (non-hydrogen) atoms. The predicted molar refractivity (Wildman–Crippen MR) is 85.5 cm³/mol. The van der Waals surface area contributed by atoms with Crippen molar-refractivity contribution in [1.82, 2.24) is 4.90 Å². The number of aliphatic carboxylic acids is 1. The first-order chi connectivity index (χ1) is 11.1. The average Bonchev–Trinajstić information content (AvgIpc) is 3.33. The van der Waals surface area contributed by atoms with Crippen LogP contribution in [0.5, 0.6) is 0 Å². The first-order valence-electron chi connectivity index (χ1n) is 7.91. The lowest BCUT2D eigenvalue weighted by Gasteiger charge is -2.33. The fraction of sp³-hybridized carbons (Fsp3) is 0.529. The van der Waals surface area contributed by atoms with Gasteiger partial charge in [0.05, 0.1) is 0 Å². The molecule has 0 unspecified atom stereocenters. The van der Waals surface area contributed by atoms with Gasteiger partial charge < -0.3 is 14.7 Å². The van der Waals surface area contributed by atoms with Gasteiger partial charge in [-0.2, -0.15) is 0 Å². The third-order valence-corrected chi connectivity index (χ3v) is 4.84. The number of carbonyl (C=O) groups is 2. The highest BCUT2D eigenvalue weighted by Crippen LogP contribution is 2.49. The highest BCUT2D eigenvalue weighted by molar-refractivity contribution is 6.30. The zero-order valence-corrected chi connectivity index (χ0v) is 13.5. The van der Waals surface area contributed by atoms with Gasteiger partial charge in [0.25, 0.3) is 0 Å². The number of nitrogens with zero attached hydrogens (tertiary/aromatic N) is 1. The summed E-state index contributed by atoms with van der Waals surface area (Å²) in [7, 11) is 0. The van der Waals surface area contributed by atoms with Crippen LogP contribution in [0.2, 0.25) is 5.02 Å². The number of ether oxygens (including phenoxy) is 1. The van der Waals surface area contributed by atoms with Crippen molar-refractivity contribution < 1.29 is 19.4 Å². The number of carboxylic acids is 1. The third-order valence-electron chi connectivity index (χ3n) is 4.60. The van der Waals surface area contributed by atoms with Crippen LogP contribution in [0.1, 0.15) is 30.7 Å². The number of carboxylic acid groups (broad SMARTS) is 1. The van der Waals surface area contributed by atoms with E-state index in [1.807, 2.05) is 24.3 Å². The maximum Gasteiger partial charge on any atom is 0.323 e. The van der Waals surface area contributed by atoms with E-state index in [1.54, 1.807) is 4.90 Å². The fourth-order valence-electron chi connectivity index (χ4n) is 3.32. The first kappa shape index (κ1) is 16.3. The summed E-state index contributed by atoms with van der Waals surface area (Å²) in [6, 6.07) is 7.51. The number of benzene rings is 1. The van der Waals surface area contributed by atoms with E-state index in [1.165, 1.54) is 0 Å². The smallest absolute Gasteiger partial charge is 0.323 e. The van der Waals surface area contributed by atoms with E-state index in [0.29, 0.717) is 31.1 Å². The third kappa shape index (κ3) is 3.85. The minimum Gasteiger partial charge on any atom is -0.480 e. The Labute approximate surface area is 140 Å². The van der Waals surface area contributed by atoms with E-state index in [0.717, 1.165) is 12.0 Å². The van der Waals surface area contributed by atoms with Gasteiger partial charge in [-0.05, 0) is 42.9 Å². The number of hydrogen-bond donors (Lipinski definition) is 1. The number of rotatable bonds is 5. The number of hydrogen-bond acceptors (Lipinski definition) is 3. The van der Waals surface area contributed by atoms with Gasteiger partial charge in [-0.3, -0.25) is 9.59 Å². The molecule has 2 aliphatic rings. The van der Waals surface area contributed by atoms with Crippen LogP contribution in [0.4, 0.5) is 0 Å². The second-order valence-corrected chi connectivity index (χ2v) is 6.64. The molecule has 1 amide bonds. The summed E-state index contributed by atoms with van der Waals surface area (Å²) in [5, 5.41) is 9.80. The van der Waals surface area contributed by atoms with Gasteiger partial charge in [-0.25, -0.2) is 0 Å². The number of amides is 1. The van der Waals surface area contributed by atoms with Gasteiger partial charge in [-0.15, -0.1) is 0 Å². The summed E-state index contributed by atoms with van der Waals surface area (Å²) in [4.78, 5) is 25.5. The summed E-state index contributed by atoms with van der Waals surface area (Å²) in [6.45, 7) is 0.926. The van der Waals surface area contributed by atoms with Crippen LogP contribution in [0.15, 0.2) is 24.3 Å². The average molecular weight is 338 g/mol. The summed E-state index contributed by atoms with van der Waals surface area (Å²) in [5.41, 5.74) is 1.05. The molecule has 1 aliphatic carbocycles. The highest BCUT2D eigenvalue weighted by atomic mass is 35.5. The van der Waals surface area contributed by atoms with Crippen molar-refractivity contribution in [3.63, 3.8) is 0 Å². The molecule has 2 atom stereocenters. The van der Waals surface area contributed by atoms with E-state index in [9.17, 15) is 9.59 Å². The monoisotopic (exact) mass is 337 g/mol. The quantitative estimate of drug-likeness (QED) is 0.896. The minimum absolute atomic E-state index is 0.0343. The summed E-state index contributed by atoms with van der Waals surface area (Å²) >= 11 is 6.01. The summed E-state index contributed by atoms with van der Waals surface area (Å²) in [6.07, 6.45) is 2.17. The predicted octanol–water partition coefficient (Wildman–Crippen LogP) is 2.54. The Bertz CT molecular complexity index is 600. The van der Waals surface area contributed by atoms with Crippen molar-refractivity contribution in [2.45, 2.75) is 31.2 Å². The van der Waals surface area contributed by atoms with Gasteiger partial charge in [0.2, 0.25) is 5.91 Å². The van der Waals surface area contributed by atoms with E-state index >= 15 is 0 Å². The lowest BCUT2D eigenvalue weighted by atomic mass is 10.0. The Kier molecular flexibility index (Phi) is 4.87. The Morgan fingerprint density at radius 1 is 1.30 bits per heavy atom. The number of carbonyl (C=O) groups excluding carboxylic acids is 1. The zero-order chi connectivity index (χ0) is 16.4. The molecule has 0 aromatic heterocycles. The molecule has 0 radical (unpaired) electrons. The van der Waals surface area contributed by atoms with Crippen LogP contribution in [0.25, 0.3) is 0 Å². The van der Waals surface area contributed by atoms with Crippen molar-refractivity contribution >= 4 is 23.5 Å². The number of halogens is 1. The Morgan fingerprint density at radius 2 is 2.04 bits per heavy atom. The van der Waals surface area contributed by atoms with Crippen LogP contribution in [-0.4, -0.2) is 47.7 Å². The molecule has 1 aliphatic heterocycles. The Hall–Kier alpha value is -1.59. The Balaban J connectivity index is 1.70. The summed E-state index contributed by atoms with van der Waals surface area (Å²) < 4.78 is 5.31. The molecule has 1 saturated heterocycles. The lowest BCUT2D eigenvalue weighted by molar-refractivity contribution is -0.148. The topological polar surface area (TPSA) is 66.8 Å². The van der Waals surface area contributed by atoms with Crippen LogP contribution in [0, 0.1) is 5.92 Å². The first-order valence-corrected chi connectivity index (χ1v) is 8.29. The van der Waals surface area contributed by atoms with Crippen LogP contribution >= 0.6 is 11.6 Å². The largest absolute Gasteiger partial charge is 0.480 e. The molecule has 0 spiro atoms. The van der Waals surface area contributed by atoms with Crippen LogP contribution < -0.4 is 0 Å². The Morgan fingerprint density at radius 3 is 2.70 bits per heavy atom. The maximum atomic E-state index is 12.8. The molecule has 3 rings (SSSR count).